The summed E-state index contributed by atoms with van der Waals surface area (Å²) >= 11 is 0. The molecule has 3 rings (SSSR count). The third kappa shape index (κ3) is 3.72. The lowest BCUT2D eigenvalue weighted by atomic mass is 10.2. The fourth-order valence-electron chi connectivity index (χ4n) is 2.77. The van der Waals surface area contributed by atoms with Gasteiger partial charge < -0.3 is 19.4 Å². The summed E-state index contributed by atoms with van der Waals surface area (Å²) in [5.74, 6) is -0.138. The van der Waals surface area contributed by atoms with Gasteiger partial charge >= 0.3 is 0 Å². The zero-order valence-corrected chi connectivity index (χ0v) is 15.2. The average Bonchev–Trinajstić information content (AvgIpc) is 2.99. The van der Waals surface area contributed by atoms with Crippen LogP contribution in [-0.2, 0) is 6.54 Å². The minimum atomic E-state index is -0.530. The van der Waals surface area contributed by atoms with Gasteiger partial charge in [0.15, 0.2) is 5.69 Å². The molecule has 9 heteroatoms. The van der Waals surface area contributed by atoms with Crippen molar-refractivity contribution in [3.05, 3.63) is 64.1 Å². The number of nitrogens with one attached hydrogen (secondary N) is 1. The number of hydrogen-bond acceptors (Lipinski definition) is 6. The molecule has 0 fully saturated rings. The summed E-state index contributed by atoms with van der Waals surface area (Å²) in [5.41, 5.74) is 1.69. The van der Waals surface area contributed by atoms with Gasteiger partial charge in [0, 0.05) is 24.9 Å². The number of pyridine rings is 1. The summed E-state index contributed by atoms with van der Waals surface area (Å²) in [4.78, 5) is 29.8. The first-order valence-corrected chi connectivity index (χ1v) is 8.15. The van der Waals surface area contributed by atoms with Crippen molar-refractivity contribution in [2.24, 2.45) is 0 Å². The van der Waals surface area contributed by atoms with Gasteiger partial charge in [-0.15, -0.1) is 0 Å². The van der Waals surface area contributed by atoms with Crippen molar-refractivity contribution in [1.82, 2.24) is 14.3 Å². The number of imidazole rings is 1. The molecule has 0 aliphatic heterocycles. The SMILES string of the molecule is COc1ccc([N+](=O)[O-])cc1NC(=O)c1nc2ccccn2c1CN(C)C. The largest absolute Gasteiger partial charge is 0.495 e. The van der Waals surface area contributed by atoms with E-state index < -0.39 is 10.8 Å². The lowest BCUT2D eigenvalue weighted by molar-refractivity contribution is -0.384. The highest BCUT2D eigenvalue weighted by molar-refractivity contribution is 6.05. The molecule has 27 heavy (non-hydrogen) atoms. The lowest BCUT2D eigenvalue weighted by Gasteiger charge is -2.12. The lowest BCUT2D eigenvalue weighted by Crippen LogP contribution is -2.19. The van der Waals surface area contributed by atoms with E-state index in [2.05, 4.69) is 10.3 Å². The first-order valence-electron chi connectivity index (χ1n) is 8.15. The Balaban J connectivity index is 2.02. The molecule has 1 N–H and O–H groups in total. The minimum Gasteiger partial charge on any atom is -0.495 e. The van der Waals surface area contributed by atoms with Crippen LogP contribution in [-0.4, -0.2) is 46.3 Å². The Kier molecular flexibility index (Phi) is 5.04. The number of carbonyl (C=O) groups excluding carboxylic acids is 1. The quantitative estimate of drug-likeness (QED) is 0.529. The zero-order valence-electron chi connectivity index (χ0n) is 15.2. The van der Waals surface area contributed by atoms with Gasteiger partial charge in [-0.2, -0.15) is 0 Å². The molecule has 2 heterocycles. The first kappa shape index (κ1) is 18.3. The highest BCUT2D eigenvalue weighted by atomic mass is 16.6. The van der Waals surface area contributed by atoms with E-state index in [1.807, 2.05) is 47.8 Å². The van der Waals surface area contributed by atoms with E-state index in [1.165, 1.54) is 25.3 Å². The zero-order chi connectivity index (χ0) is 19.6. The van der Waals surface area contributed by atoms with Crippen LogP contribution < -0.4 is 10.1 Å². The number of fused-ring (bicyclic) bond motifs is 1. The highest BCUT2D eigenvalue weighted by Crippen LogP contribution is 2.29. The van der Waals surface area contributed by atoms with Gasteiger partial charge in [-0.1, -0.05) is 6.07 Å². The molecule has 0 spiro atoms. The van der Waals surface area contributed by atoms with Crippen LogP contribution >= 0.6 is 0 Å². The van der Waals surface area contributed by atoms with Crippen molar-refractivity contribution in [2.75, 3.05) is 26.5 Å². The van der Waals surface area contributed by atoms with Gasteiger partial charge in [0.25, 0.3) is 11.6 Å². The van der Waals surface area contributed by atoms with Gasteiger partial charge in [-0.05, 0) is 32.3 Å². The second-order valence-corrected chi connectivity index (χ2v) is 6.17. The van der Waals surface area contributed by atoms with E-state index in [0.717, 1.165) is 5.69 Å². The van der Waals surface area contributed by atoms with Crippen LogP contribution in [0.25, 0.3) is 5.65 Å². The van der Waals surface area contributed by atoms with Gasteiger partial charge in [0.05, 0.1) is 23.4 Å². The number of ether oxygens (including phenoxy) is 1. The Bertz CT molecular complexity index is 1010. The number of methoxy groups -OCH3 is 1. The number of non-ortho nitro benzene ring substituents is 1. The highest BCUT2D eigenvalue weighted by Gasteiger charge is 2.21. The minimum absolute atomic E-state index is 0.144. The number of nitro groups is 1. The number of aromatic nitrogens is 2. The number of carbonyl (C=O) groups is 1. The smallest absolute Gasteiger partial charge is 0.276 e. The summed E-state index contributed by atoms with van der Waals surface area (Å²) in [6.07, 6.45) is 1.84. The van der Waals surface area contributed by atoms with E-state index in [9.17, 15) is 14.9 Å². The van der Waals surface area contributed by atoms with Gasteiger partial charge in [-0.3, -0.25) is 14.9 Å². The van der Waals surface area contributed by atoms with Crippen molar-refractivity contribution in [3.8, 4) is 5.75 Å². The van der Waals surface area contributed by atoms with Crippen molar-refractivity contribution in [1.29, 1.82) is 0 Å². The van der Waals surface area contributed by atoms with E-state index in [-0.39, 0.29) is 17.1 Å². The molecule has 0 unspecified atom stereocenters. The number of amides is 1. The Labute approximate surface area is 155 Å². The molecule has 0 aliphatic carbocycles. The first-order chi connectivity index (χ1) is 12.9. The van der Waals surface area contributed by atoms with Crippen LogP contribution in [0.4, 0.5) is 11.4 Å². The van der Waals surface area contributed by atoms with Gasteiger partial charge in [0.2, 0.25) is 0 Å². The fourth-order valence-corrected chi connectivity index (χ4v) is 2.77. The number of benzene rings is 1. The van der Waals surface area contributed by atoms with E-state index >= 15 is 0 Å². The number of rotatable bonds is 6. The molecule has 2 aromatic heterocycles. The molecule has 0 saturated carbocycles. The molecule has 0 saturated heterocycles. The van der Waals surface area contributed by atoms with Crippen LogP contribution in [0.3, 0.4) is 0 Å². The molecule has 0 radical (unpaired) electrons. The van der Waals surface area contributed by atoms with Crippen molar-refractivity contribution < 1.29 is 14.5 Å². The maximum absolute atomic E-state index is 12.9. The second kappa shape index (κ2) is 7.42. The molecule has 1 aromatic carbocycles. The van der Waals surface area contributed by atoms with Gasteiger partial charge in [0.1, 0.15) is 11.4 Å². The fraction of sp³-hybridized carbons (Fsp3) is 0.222. The number of nitro benzene ring substituents is 1. The third-order valence-corrected chi connectivity index (χ3v) is 3.95. The standard InChI is InChI=1S/C18H19N5O4/c1-21(2)11-14-17(20-16-6-4-5-9-22(14)16)18(24)19-13-10-12(23(25)26)7-8-15(13)27-3/h4-10H,11H2,1-3H3,(H,19,24). The molecule has 9 nitrogen and oxygen atoms in total. The van der Waals surface area contributed by atoms with E-state index in [0.29, 0.717) is 17.9 Å². The summed E-state index contributed by atoms with van der Waals surface area (Å²) in [7, 11) is 5.22. The van der Waals surface area contributed by atoms with E-state index in [1.54, 1.807) is 0 Å². The Hall–Kier alpha value is -3.46. The molecule has 3 aromatic rings. The summed E-state index contributed by atoms with van der Waals surface area (Å²) in [6.45, 7) is 0.500. The number of hydrogen-bond donors (Lipinski definition) is 1. The summed E-state index contributed by atoms with van der Waals surface area (Å²) in [6, 6.07) is 9.53. The maximum Gasteiger partial charge on any atom is 0.276 e. The number of nitrogens with zero attached hydrogens (tertiary/aromatic N) is 4. The van der Waals surface area contributed by atoms with Crippen LogP contribution in [0.2, 0.25) is 0 Å². The van der Waals surface area contributed by atoms with Crippen molar-refractivity contribution in [2.45, 2.75) is 6.54 Å². The second-order valence-electron chi connectivity index (χ2n) is 6.17. The summed E-state index contributed by atoms with van der Waals surface area (Å²) < 4.78 is 7.05. The predicted molar refractivity (Wildman–Crippen MR) is 100 cm³/mol. The molecule has 0 bridgehead atoms. The van der Waals surface area contributed by atoms with Crippen LogP contribution in [0, 0.1) is 10.1 Å². The Morgan fingerprint density at radius 1 is 1.33 bits per heavy atom. The van der Waals surface area contributed by atoms with Crippen LogP contribution in [0.5, 0.6) is 5.75 Å². The van der Waals surface area contributed by atoms with Gasteiger partial charge in [-0.25, -0.2) is 4.98 Å². The normalized spacial score (nSPS) is 11.0. The third-order valence-electron chi connectivity index (χ3n) is 3.95. The Morgan fingerprint density at radius 3 is 2.78 bits per heavy atom. The molecule has 0 aliphatic rings. The van der Waals surface area contributed by atoms with Crippen molar-refractivity contribution >= 4 is 22.9 Å². The molecule has 140 valence electrons. The summed E-state index contributed by atoms with van der Waals surface area (Å²) in [5, 5.41) is 13.7. The number of anilines is 1. The maximum atomic E-state index is 12.9. The van der Waals surface area contributed by atoms with Crippen LogP contribution in [0.1, 0.15) is 16.2 Å². The van der Waals surface area contributed by atoms with Crippen LogP contribution in [0.15, 0.2) is 42.6 Å². The molecule has 1 amide bonds. The molecule has 0 atom stereocenters. The van der Waals surface area contributed by atoms with Crippen molar-refractivity contribution in [3.63, 3.8) is 0 Å². The predicted octanol–water partition coefficient (Wildman–Crippen LogP) is 2.57. The average molecular weight is 369 g/mol. The topological polar surface area (TPSA) is 102 Å². The molecular weight excluding hydrogens is 350 g/mol. The Morgan fingerprint density at radius 2 is 2.11 bits per heavy atom. The molecular formula is C18H19N5O4. The monoisotopic (exact) mass is 369 g/mol. The van der Waals surface area contributed by atoms with E-state index in [4.69, 9.17) is 4.74 Å².